The predicted molar refractivity (Wildman–Crippen MR) is 101 cm³/mol. The van der Waals surface area contributed by atoms with E-state index in [0.717, 1.165) is 12.8 Å². The lowest BCUT2D eigenvalue weighted by Gasteiger charge is -2.38. The molecule has 4 N–H and O–H groups in total. The molecule has 0 fully saturated rings. The van der Waals surface area contributed by atoms with Crippen LogP contribution in [0.5, 0.6) is 0 Å². The standard InChI is InChI=1S/C19H37N3O2/c1-6-10-17(19(24)22(15(2)3)16(4)5)11-9-14-21-18(23)12-7-8-13-20/h6,9,11,15-17,19,24H,1,7-8,10,12-14,20H2,2-5H3,(H,21,23)/b11-9-. The Morgan fingerprint density at radius 2 is 1.88 bits per heavy atom. The van der Waals surface area contributed by atoms with Gasteiger partial charge in [-0.15, -0.1) is 6.58 Å². The van der Waals surface area contributed by atoms with Crippen molar-refractivity contribution in [3.05, 3.63) is 24.8 Å². The smallest absolute Gasteiger partial charge is 0.220 e. The summed E-state index contributed by atoms with van der Waals surface area (Å²) in [7, 11) is 0. The fourth-order valence-electron chi connectivity index (χ4n) is 2.85. The maximum atomic E-state index is 11.6. The van der Waals surface area contributed by atoms with Crippen LogP contribution in [0.1, 0.15) is 53.4 Å². The van der Waals surface area contributed by atoms with E-state index in [2.05, 4.69) is 44.5 Å². The molecule has 0 aromatic heterocycles. The number of rotatable bonds is 13. The van der Waals surface area contributed by atoms with Crippen LogP contribution >= 0.6 is 0 Å². The normalized spacial score (nSPS) is 14.5. The molecule has 1 amide bonds. The molecule has 2 atom stereocenters. The molecule has 0 aliphatic heterocycles. The zero-order chi connectivity index (χ0) is 18.5. The van der Waals surface area contributed by atoms with E-state index in [0.29, 0.717) is 25.9 Å². The predicted octanol–water partition coefficient (Wildman–Crippen LogP) is 2.42. The second kappa shape index (κ2) is 13.2. The molecule has 0 aliphatic carbocycles. The zero-order valence-electron chi connectivity index (χ0n) is 15.9. The highest BCUT2D eigenvalue weighted by Gasteiger charge is 2.26. The van der Waals surface area contributed by atoms with Crippen molar-refractivity contribution in [2.45, 2.75) is 71.7 Å². The number of carbonyl (C=O) groups excluding carboxylic acids is 1. The van der Waals surface area contributed by atoms with E-state index in [1.54, 1.807) is 0 Å². The SMILES string of the molecule is C=CCC(/C=C\CNC(=O)CCCCN)C(O)N(C(C)C)C(C)C. The fourth-order valence-corrected chi connectivity index (χ4v) is 2.85. The van der Waals surface area contributed by atoms with Crippen molar-refractivity contribution in [3.8, 4) is 0 Å². The topological polar surface area (TPSA) is 78.6 Å². The van der Waals surface area contributed by atoms with Gasteiger partial charge in [-0.2, -0.15) is 0 Å². The second-order valence-corrected chi connectivity index (χ2v) is 6.71. The van der Waals surface area contributed by atoms with E-state index in [1.807, 2.05) is 18.2 Å². The van der Waals surface area contributed by atoms with Gasteiger partial charge in [-0.25, -0.2) is 0 Å². The molecule has 0 spiro atoms. The Morgan fingerprint density at radius 1 is 1.25 bits per heavy atom. The number of allylic oxidation sites excluding steroid dienone is 1. The molecule has 24 heavy (non-hydrogen) atoms. The highest BCUT2D eigenvalue weighted by molar-refractivity contribution is 5.75. The maximum absolute atomic E-state index is 11.6. The first-order chi connectivity index (χ1) is 11.3. The average molecular weight is 340 g/mol. The van der Waals surface area contributed by atoms with Crippen molar-refractivity contribution in [2.75, 3.05) is 13.1 Å². The lowest BCUT2D eigenvalue weighted by Crippen LogP contribution is -2.48. The van der Waals surface area contributed by atoms with E-state index in [4.69, 9.17) is 5.73 Å². The van der Waals surface area contributed by atoms with Gasteiger partial charge < -0.3 is 16.2 Å². The Kier molecular flexibility index (Phi) is 12.5. The Hall–Kier alpha value is -1.17. The lowest BCUT2D eigenvalue weighted by molar-refractivity contribution is -0.120. The van der Waals surface area contributed by atoms with Crippen LogP contribution in [0.3, 0.4) is 0 Å². The van der Waals surface area contributed by atoms with E-state index in [9.17, 15) is 9.90 Å². The molecule has 5 heteroatoms. The minimum Gasteiger partial charge on any atom is -0.378 e. The molecule has 5 nitrogen and oxygen atoms in total. The Bertz CT molecular complexity index is 373. The molecular formula is C19H37N3O2. The Morgan fingerprint density at radius 3 is 2.38 bits per heavy atom. The van der Waals surface area contributed by atoms with E-state index in [-0.39, 0.29) is 23.9 Å². The van der Waals surface area contributed by atoms with Gasteiger partial charge in [0.15, 0.2) is 0 Å². The summed E-state index contributed by atoms with van der Waals surface area (Å²) in [6.45, 7) is 13.2. The van der Waals surface area contributed by atoms with Gasteiger partial charge in [0.2, 0.25) is 5.91 Å². The monoisotopic (exact) mass is 339 g/mol. The van der Waals surface area contributed by atoms with Crippen molar-refractivity contribution in [2.24, 2.45) is 11.7 Å². The maximum Gasteiger partial charge on any atom is 0.220 e. The van der Waals surface area contributed by atoms with Gasteiger partial charge in [-0.1, -0.05) is 18.2 Å². The molecule has 0 bridgehead atoms. The molecule has 0 aliphatic rings. The Labute approximate surface area is 148 Å². The second-order valence-electron chi connectivity index (χ2n) is 6.71. The highest BCUT2D eigenvalue weighted by atomic mass is 16.3. The molecule has 0 radical (unpaired) electrons. The molecule has 2 unspecified atom stereocenters. The molecule has 0 aromatic carbocycles. The molecule has 0 rings (SSSR count). The average Bonchev–Trinajstić information content (AvgIpc) is 2.49. The summed E-state index contributed by atoms with van der Waals surface area (Å²) in [5.41, 5.74) is 5.41. The van der Waals surface area contributed by atoms with Crippen LogP contribution in [0.4, 0.5) is 0 Å². The third-order valence-corrected chi connectivity index (χ3v) is 3.98. The number of hydrogen-bond donors (Lipinski definition) is 3. The van der Waals surface area contributed by atoms with Crippen molar-refractivity contribution in [1.29, 1.82) is 0 Å². The quantitative estimate of drug-likeness (QED) is 0.273. The van der Waals surface area contributed by atoms with Crippen molar-refractivity contribution in [1.82, 2.24) is 10.2 Å². The summed E-state index contributed by atoms with van der Waals surface area (Å²) in [5, 5.41) is 13.6. The minimum atomic E-state index is -0.570. The molecule has 140 valence electrons. The van der Waals surface area contributed by atoms with Crippen LogP contribution in [0, 0.1) is 5.92 Å². The third-order valence-electron chi connectivity index (χ3n) is 3.98. The number of nitrogens with zero attached hydrogens (tertiary/aromatic N) is 1. The minimum absolute atomic E-state index is 0.0403. The Balaban J connectivity index is 4.55. The first kappa shape index (κ1) is 22.8. The van der Waals surface area contributed by atoms with Gasteiger partial charge in [0.1, 0.15) is 6.23 Å². The zero-order valence-corrected chi connectivity index (χ0v) is 15.9. The summed E-state index contributed by atoms with van der Waals surface area (Å²) in [6.07, 6.45) is 8.04. The van der Waals surface area contributed by atoms with Crippen molar-refractivity contribution < 1.29 is 9.90 Å². The van der Waals surface area contributed by atoms with Gasteiger partial charge in [-0.05, 0) is 53.5 Å². The molecule has 0 heterocycles. The van der Waals surface area contributed by atoms with Gasteiger partial charge in [0.25, 0.3) is 0 Å². The molecule has 0 saturated heterocycles. The van der Waals surface area contributed by atoms with E-state index in [1.165, 1.54) is 0 Å². The summed E-state index contributed by atoms with van der Waals surface area (Å²) < 4.78 is 0. The van der Waals surface area contributed by atoms with E-state index < -0.39 is 6.23 Å². The highest BCUT2D eigenvalue weighted by Crippen LogP contribution is 2.20. The molecule has 0 saturated carbocycles. The number of hydrogen-bond acceptors (Lipinski definition) is 4. The van der Waals surface area contributed by atoms with Gasteiger partial charge >= 0.3 is 0 Å². The van der Waals surface area contributed by atoms with Crippen molar-refractivity contribution >= 4 is 5.91 Å². The summed E-state index contributed by atoms with van der Waals surface area (Å²) >= 11 is 0. The number of aliphatic hydroxyl groups excluding tert-OH is 1. The fraction of sp³-hybridized carbons (Fsp3) is 0.737. The van der Waals surface area contributed by atoms with Crippen LogP contribution in [0.25, 0.3) is 0 Å². The van der Waals surface area contributed by atoms with Crippen LogP contribution in [-0.2, 0) is 4.79 Å². The summed E-state index contributed by atoms with van der Waals surface area (Å²) in [4.78, 5) is 13.7. The number of aliphatic hydroxyl groups is 1. The van der Waals surface area contributed by atoms with Crippen LogP contribution in [0.2, 0.25) is 0 Å². The first-order valence-corrected chi connectivity index (χ1v) is 9.04. The van der Waals surface area contributed by atoms with Gasteiger partial charge in [0.05, 0.1) is 0 Å². The lowest BCUT2D eigenvalue weighted by atomic mass is 9.99. The van der Waals surface area contributed by atoms with E-state index >= 15 is 0 Å². The number of carbonyl (C=O) groups is 1. The summed E-state index contributed by atoms with van der Waals surface area (Å²) in [6, 6.07) is 0.505. The molecular weight excluding hydrogens is 302 g/mol. The van der Waals surface area contributed by atoms with Crippen LogP contribution < -0.4 is 11.1 Å². The van der Waals surface area contributed by atoms with Gasteiger partial charge in [0, 0.05) is 31.0 Å². The van der Waals surface area contributed by atoms with Gasteiger partial charge in [-0.3, -0.25) is 9.69 Å². The number of amides is 1. The molecule has 0 aromatic rings. The van der Waals surface area contributed by atoms with Crippen LogP contribution in [0.15, 0.2) is 24.8 Å². The summed E-state index contributed by atoms with van der Waals surface area (Å²) in [5.74, 6) is 0.00125. The number of unbranched alkanes of at least 4 members (excludes halogenated alkanes) is 1. The number of nitrogens with one attached hydrogen (secondary N) is 1. The first-order valence-electron chi connectivity index (χ1n) is 9.04. The van der Waals surface area contributed by atoms with Crippen LogP contribution in [-0.4, -0.2) is 47.3 Å². The number of nitrogens with two attached hydrogens (primary N) is 1. The largest absolute Gasteiger partial charge is 0.378 e. The third kappa shape index (κ3) is 9.21. The van der Waals surface area contributed by atoms with Crippen molar-refractivity contribution in [3.63, 3.8) is 0 Å².